The Labute approximate surface area is 219 Å². The van der Waals surface area contributed by atoms with E-state index in [9.17, 15) is 8.42 Å². The number of hydrogen-bond acceptors (Lipinski definition) is 6. The van der Waals surface area contributed by atoms with Crippen LogP contribution in [0.3, 0.4) is 0 Å². The number of piperidine rings is 1. The van der Waals surface area contributed by atoms with Crippen LogP contribution in [0.25, 0.3) is 10.8 Å². The Kier molecular flexibility index (Phi) is 11.2. The van der Waals surface area contributed by atoms with E-state index in [0.717, 1.165) is 56.5 Å². The maximum atomic E-state index is 13.0. The van der Waals surface area contributed by atoms with Crippen molar-refractivity contribution >= 4 is 45.6 Å². The van der Waals surface area contributed by atoms with Gasteiger partial charge in [-0.15, -0.1) is 24.8 Å². The molecule has 0 radical (unpaired) electrons. The minimum absolute atomic E-state index is 0. The molecule has 7 nitrogen and oxygen atoms in total. The number of halogens is 2. The van der Waals surface area contributed by atoms with Crippen LogP contribution in [0.4, 0.5) is 0 Å². The standard InChI is InChI=1S/C25H28N4O3S.2ClH/c26-18-20-6-8-23(9-7-20)32-17-2-1-14-29-15-11-22(12-16-29)28-33(30,31)25-5-3-4-21-19-27-13-10-24(21)25;;/h3-10,13,19,22,28H,1-2,11-12,14-17H2;2*1H. The summed E-state index contributed by atoms with van der Waals surface area (Å²) < 4.78 is 34.7. The van der Waals surface area contributed by atoms with E-state index in [1.807, 2.05) is 18.2 Å². The number of rotatable bonds is 9. The summed E-state index contributed by atoms with van der Waals surface area (Å²) in [6, 6.07) is 16.2. The number of aromatic nitrogens is 1. The van der Waals surface area contributed by atoms with Crippen LogP contribution in [0.1, 0.15) is 31.2 Å². The highest BCUT2D eigenvalue weighted by Crippen LogP contribution is 2.23. The summed E-state index contributed by atoms with van der Waals surface area (Å²) in [6.07, 6.45) is 6.87. The molecule has 1 aliphatic heterocycles. The smallest absolute Gasteiger partial charge is 0.241 e. The highest BCUT2D eigenvalue weighted by molar-refractivity contribution is 7.89. The van der Waals surface area contributed by atoms with Crippen LogP contribution in [0.2, 0.25) is 0 Å². The van der Waals surface area contributed by atoms with E-state index < -0.39 is 10.0 Å². The van der Waals surface area contributed by atoms with Crippen molar-refractivity contribution in [2.45, 2.75) is 36.6 Å². The summed E-state index contributed by atoms with van der Waals surface area (Å²) >= 11 is 0. The first-order valence-electron chi connectivity index (χ1n) is 11.3. The molecular formula is C25H30Cl2N4O3S. The SMILES string of the molecule is Cl.Cl.N#Cc1ccc(OCCCCN2CCC(NS(=O)(=O)c3cccc4cnccc34)CC2)cc1. The second-order valence-corrected chi connectivity index (χ2v) is 9.96. The fraction of sp³-hybridized carbons (Fsp3) is 0.360. The molecule has 0 bridgehead atoms. The van der Waals surface area contributed by atoms with Gasteiger partial charge >= 0.3 is 0 Å². The zero-order valence-corrected chi connectivity index (χ0v) is 21.7. The normalized spacial score (nSPS) is 14.5. The lowest BCUT2D eigenvalue weighted by atomic mass is 10.1. The molecule has 1 aliphatic rings. The van der Waals surface area contributed by atoms with Crippen molar-refractivity contribution in [2.75, 3.05) is 26.2 Å². The van der Waals surface area contributed by atoms with E-state index in [1.165, 1.54) is 0 Å². The number of nitriles is 1. The topological polar surface area (TPSA) is 95.3 Å². The molecule has 1 saturated heterocycles. The van der Waals surface area contributed by atoms with Crippen LogP contribution in [0.15, 0.2) is 65.8 Å². The molecule has 1 aromatic heterocycles. The lowest BCUT2D eigenvalue weighted by Crippen LogP contribution is -2.44. The van der Waals surface area contributed by atoms with Gasteiger partial charge in [0.15, 0.2) is 0 Å². The Balaban J connectivity index is 0.00000216. The molecule has 2 heterocycles. The number of nitrogens with zero attached hydrogens (tertiary/aromatic N) is 3. The minimum atomic E-state index is -3.59. The van der Waals surface area contributed by atoms with Crippen LogP contribution in [-0.4, -0.2) is 50.6 Å². The first-order chi connectivity index (χ1) is 16.0. The van der Waals surface area contributed by atoms with Crippen molar-refractivity contribution in [2.24, 2.45) is 0 Å². The number of benzene rings is 2. The molecule has 1 N–H and O–H groups in total. The van der Waals surface area contributed by atoms with Gasteiger partial charge in [0.25, 0.3) is 0 Å². The number of nitrogens with one attached hydrogen (secondary N) is 1. The van der Waals surface area contributed by atoms with Gasteiger partial charge in [-0.05, 0) is 81.7 Å². The van der Waals surface area contributed by atoms with Crippen LogP contribution in [0, 0.1) is 11.3 Å². The molecule has 0 unspecified atom stereocenters. The van der Waals surface area contributed by atoms with Crippen molar-refractivity contribution in [1.82, 2.24) is 14.6 Å². The number of ether oxygens (including phenoxy) is 1. The maximum absolute atomic E-state index is 13.0. The molecule has 0 amide bonds. The van der Waals surface area contributed by atoms with Gasteiger partial charge in [0.2, 0.25) is 10.0 Å². The maximum Gasteiger partial charge on any atom is 0.241 e. The summed E-state index contributed by atoms with van der Waals surface area (Å²) in [6.45, 7) is 3.38. The first-order valence-corrected chi connectivity index (χ1v) is 12.7. The number of hydrogen-bond donors (Lipinski definition) is 1. The van der Waals surface area contributed by atoms with Gasteiger partial charge in [-0.2, -0.15) is 5.26 Å². The van der Waals surface area contributed by atoms with Crippen molar-refractivity contribution in [3.63, 3.8) is 0 Å². The third-order valence-electron chi connectivity index (χ3n) is 5.96. The van der Waals surface area contributed by atoms with E-state index in [0.29, 0.717) is 22.5 Å². The number of unbranched alkanes of at least 4 members (excludes halogenated alkanes) is 1. The van der Waals surface area contributed by atoms with Gasteiger partial charge in [0, 0.05) is 29.2 Å². The van der Waals surface area contributed by atoms with Crippen molar-refractivity contribution in [1.29, 1.82) is 5.26 Å². The molecule has 1 fully saturated rings. The Bertz CT molecular complexity index is 1220. The molecule has 4 rings (SSSR count). The monoisotopic (exact) mass is 536 g/mol. The average Bonchev–Trinajstić information content (AvgIpc) is 2.84. The van der Waals surface area contributed by atoms with Crippen LogP contribution in [-0.2, 0) is 10.0 Å². The van der Waals surface area contributed by atoms with Gasteiger partial charge in [0.05, 0.1) is 23.1 Å². The van der Waals surface area contributed by atoms with Crippen molar-refractivity contribution in [3.05, 3.63) is 66.5 Å². The largest absolute Gasteiger partial charge is 0.494 e. The fourth-order valence-electron chi connectivity index (χ4n) is 4.14. The molecule has 35 heavy (non-hydrogen) atoms. The number of fused-ring (bicyclic) bond motifs is 1. The first kappa shape index (κ1) is 28.8. The molecule has 2 aromatic carbocycles. The molecule has 3 aromatic rings. The average molecular weight is 538 g/mol. The minimum Gasteiger partial charge on any atom is -0.494 e. The third-order valence-corrected chi connectivity index (χ3v) is 7.54. The second kappa shape index (κ2) is 13.6. The molecule has 188 valence electrons. The number of sulfonamides is 1. The van der Waals surface area contributed by atoms with Crippen LogP contribution < -0.4 is 9.46 Å². The van der Waals surface area contributed by atoms with E-state index in [-0.39, 0.29) is 30.9 Å². The summed E-state index contributed by atoms with van der Waals surface area (Å²) in [7, 11) is -3.59. The summed E-state index contributed by atoms with van der Waals surface area (Å²) in [5.41, 5.74) is 0.627. The number of likely N-dealkylation sites (tertiary alicyclic amines) is 1. The molecule has 0 spiro atoms. The Hall–Kier alpha value is -2.41. The molecule has 0 atom stereocenters. The quantitative estimate of drug-likeness (QED) is 0.403. The van der Waals surface area contributed by atoms with Gasteiger partial charge in [-0.1, -0.05) is 12.1 Å². The highest BCUT2D eigenvalue weighted by atomic mass is 35.5. The second-order valence-electron chi connectivity index (χ2n) is 8.28. The van der Waals surface area contributed by atoms with Crippen LogP contribution in [0.5, 0.6) is 5.75 Å². The van der Waals surface area contributed by atoms with Crippen molar-refractivity contribution in [3.8, 4) is 11.8 Å². The predicted molar refractivity (Wildman–Crippen MR) is 142 cm³/mol. The van der Waals surface area contributed by atoms with Gasteiger partial charge in [0.1, 0.15) is 5.75 Å². The summed E-state index contributed by atoms with van der Waals surface area (Å²) in [4.78, 5) is 6.78. The molecule has 10 heteroatoms. The summed E-state index contributed by atoms with van der Waals surface area (Å²) in [5.74, 6) is 0.782. The molecule has 0 aliphatic carbocycles. The molecule has 0 saturated carbocycles. The lowest BCUT2D eigenvalue weighted by Gasteiger charge is -2.32. The van der Waals surface area contributed by atoms with Gasteiger partial charge in [-0.3, -0.25) is 4.98 Å². The zero-order valence-electron chi connectivity index (χ0n) is 19.3. The lowest BCUT2D eigenvalue weighted by molar-refractivity contribution is 0.198. The van der Waals surface area contributed by atoms with Gasteiger partial charge < -0.3 is 9.64 Å². The fourth-order valence-corrected chi connectivity index (χ4v) is 5.67. The number of pyridine rings is 1. The Morgan fingerprint density at radius 2 is 1.80 bits per heavy atom. The van der Waals surface area contributed by atoms with E-state index in [1.54, 1.807) is 42.7 Å². The third kappa shape index (κ3) is 7.79. The van der Waals surface area contributed by atoms with Crippen LogP contribution >= 0.6 is 24.8 Å². The predicted octanol–water partition coefficient (Wildman–Crippen LogP) is 4.55. The van der Waals surface area contributed by atoms with Gasteiger partial charge in [-0.25, -0.2) is 13.1 Å². The zero-order chi connectivity index (χ0) is 23.1. The Morgan fingerprint density at radius 1 is 1.06 bits per heavy atom. The molecular weight excluding hydrogens is 507 g/mol. The van der Waals surface area contributed by atoms with E-state index in [4.69, 9.17) is 10.00 Å². The van der Waals surface area contributed by atoms with E-state index >= 15 is 0 Å². The summed E-state index contributed by atoms with van der Waals surface area (Å²) in [5, 5.41) is 10.3. The van der Waals surface area contributed by atoms with Crippen molar-refractivity contribution < 1.29 is 13.2 Å². The highest BCUT2D eigenvalue weighted by Gasteiger charge is 2.25. The van der Waals surface area contributed by atoms with E-state index in [2.05, 4.69) is 20.7 Å². The Morgan fingerprint density at radius 3 is 2.51 bits per heavy atom.